The molecule has 0 saturated carbocycles. The third kappa shape index (κ3) is 3.56. The average Bonchev–Trinajstić information content (AvgIpc) is 3.09. The van der Waals surface area contributed by atoms with Crippen LogP contribution in [0.1, 0.15) is 10.4 Å². The minimum atomic E-state index is -0.494. The number of nitrogens with two attached hydrogens (primary N) is 1. The highest BCUT2D eigenvalue weighted by molar-refractivity contribution is 7.22. The highest BCUT2D eigenvalue weighted by atomic mass is 32.1. The van der Waals surface area contributed by atoms with Crippen LogP contribution in [-0.2, 0) is 0 Å². The molecule has 0 spiro atoms. The smallest absolute Gasteiger partial charge is 0.250 e. The summed E-state index contributed by atoms with van der Waals surface area (Å²) >= 11 is 1.53. The van der Waals surface area contributed by atoms with Gasteiger partial charge < -0.3 is 16.4 Å². The summed E-state index contributed by atoms with van der Waals surface area (Å²) in [4.78, 5) is 24.5. The summed E-state index contributed by atoms with van der Waals surface area (Å²) in [6, 6.07) is 13.4. The number of fused-ring (bicyclic) bond motifs is 1. The van der Waals surface area contributed by atoms with Gasteiger partial charge >= 0.3 is 0 Å². The Balaban J connectivity index is 1.65. The maximum absolute atomic E-state index is 11.4. The van der Waals surface area contributed by atoms with Crippen molar-refractivity contribution in [2.75, 3.05) is 17.7 Å². The lowest BCUT2D eigenvalue weighted by molar-refractivity contribution is 0.1000. The minimum absolute atomic E-state index is 0.384. The van der Waals surface area contributed by atoms with Gasteiger partial charge in [0.2, 0.25) is 5.91 Å². The molecule has 1 amide bonds. The number of pyridine rings is 2. The predicted molar refractivity (Wildman–Crippen MR) is 108 cm³/mol. The van der Waals surface area contributed by atoms with Crippen molar-refractivity contribution in [1.29, 1.82) is 0 Å². The van der Waals surface area contributed by atoms with Crippen molar-refractivity contribution in [1.82, 2.24) is 15.0 Å². The number of rotatable bonds is 5. The standard InChI is InChI=1S/C19H16N6OS/c1-21-16-3-2-4-17(24-16)25-19-23-14-6-5-11(8-15(14)27-19)12-7-13(18(20)26)10-22-9-12/h2-10H,1H3,(H2,20,26)(H2,21,23,24,25). The molecule has 0 atom stereocenters. The normalized spacial score (nSPS) is 10.7. The van der Waals surface area contributed by atoms with Gasteiger partial charge in [-0.15, -0.1) is 0 Å². The van der Waals surface area contributed by atoms with E-state index in [9.17, 15) is 4.79 Å². The molecule has 3 aromatic heterocycles. The highest BCUT2D eigenvalue weighted by Gasteiger charge is 2.09. The van der Waals surface area contributed by atoms with E-state index in [0.29, 0.717) is 5.56 Å². The number of aromatic nitrogens is 3. The molecule has 7 nitrogen and oxygen atoms in total. The van der Waals surface area contributed by atoms with E-state index < -0.39 is 5.91 Å². The van der Waals surface area contributed by atoms with Crippen LogP contribution >= 0.6 is 11.3 Å². The monoisotopic (exact) mass is 376 g/mol. The number of amides is 1. The molecular weight excluding hydrogens is 360 g/mol. The molecule has 0 aliphatic rings. The predicted octanol–water partition coefficient (Wildman–Crippen LogP) is 3.64. The van der Waals surface area contributed by atoms with Crippen molar-refractivity contribution >= 4 is 44.2 Å². The average molecular weight is 376 g/mol. The highest BCUT2D eigenvalue weighted by Crippen LogP contribution is 2.31. The number of carbonyl (C=O) groups is 1. The van der Waals surface area contributed by atoms with Gasteiger partial charge in [0.1, 0.15) is 11.6 Å². The number of hydrogen-bond donors (Lipinski definition) is 3. The zero-order chi connectivity index (χ0) is 18.8. The van der Waals surface area contributed by atoms with Crippen LogP contribution in [0.2, 0.25) is 0 Å². The summed E-state index contributed by atoms with van der Waals surface area (Å²) in [7, 11) is 1.83. The second kappa shape index (κ2) is 7.00. The Morgan fingerprint density at radius 3 is 2.70 bits per heavy atom. The third-order valence-electron chi connectivity index (χ3n) is 3.98. The van der Waals surface area contributed by atoms with Crippen LogP contribution in [0.15, 0.2) is 54.9 Å². The largest absolute Gasteiger partial charge is 0.373 e. The number of nitrogens with one attached hydrogen (secondary N) is 2. The zero-order valence-electron chi connectivity index (χ0n) is 14.4. The molecule has 0 bridgehead atoms. The molecule has 3 heterocycles. The molecule has 0 saturated heterocycles. The number of primary amides is 1. The molecule has 4 rings (SSSR count). The van der Waals surface area contributed by atoms with E-state index in [0.717, 1.165) is 38.1 Å². The first-order valence-electron chi connectivity index (χ1n) is 8.20. The maximum atomic E-state index is 11.4. The molecule has 0 fully saturated rings. The molecule has 0 unspecified atom stereocenters. The Kier molecular flexibility index (Phi) is 4.39. The van der Waals surface area contributed by atoms with Crippen LogP contribution in [0.5, 0.6) is 0 Å². The summed E-state index contributed by atoms with van der Waals surface area (Å²) < 4.78 is 1.02. The van der Waals surface area contributed by atoms with Crippen LogP contribution in [0, 0.1) is 0 Å². The van der Waals surface area contributed by atoms with E-state index >= 15 is 0 Å². The van der Waals surface area contributed by atoms with E-state index in [1.807, 2.05) is 43.4 Å². The molecule has 27 heavy (non-hydrogen) atoms. The Morgan fingerprint density at radius 1 is 1.04 bits per heavy atom. The number of hydrogen-bond acceptors (Lipinski definition) is 7. The van der Waals surface area contributed by atoms with Crippen molar-refractivity contribution < 1.29 is 4.79 Å². The van der Waals surface area contributed by atoms with Gasteiger partial charge in [-0.05, 0) is 35.9 Å². The van der Waals surface area contributed by atoms with Crippen LogP contribution in [0.25, 0.3) is 21.3 Å². The quantitative estimate of drug-likeness (QED) is 0.491. The lowest BCUT2D eigenvalue weighted by atomic mass is 10.1. The molecule has 4 N–H and O–H groups in total. The molecule has 8 heteroatoms. The van der Waals surface area contributed by atoms with Gasteiger partial charge in [-0.25, -0.2) is 9.97 Å². The van der Waals surface area contributed by atoms with E-state index in [1.165, 1.54) is 17.5 Å². The number of nitrogens with zero attached hydrogens (tertiary/aromatic N) is 3. The fourth-order valence-electron chi connectivity index (χ4n) is 2.64. The summed E-state index contributed by atoms with van der Waals surface area (Å²) in [6.07, 6.45) is 3.17. The lowest BCUT2D eigenvalue weighted by Crippen LogP contribution is -2.11. The fraction of sp³-hybridized carbons (Fsp3) is 0.0526. The molecule has 0 radical (unpaired) electrons. The van der Waals surface area contributed by atoms with Crippen LogP contribution in [0.4, 0.5) is 16.8 Å². The lowest BCUT2D eigenvalue weighted by Gasteiger charge is -2.03. The van der Waals surface area contributed by atoms with Crippen LogP contribution in [0.3, 0.4) is 0 Å². The van der Waals surface area contributed by atoms with Crippen LogP contribution < -0.4 is 16.4 Å². The van der Waals surface area contributed by atoms with Crippen molar-refractivity contribution in [3.63, 3.8) is 0 Å². The van der Waals surface area contributed by atoms with E-state index in [1.54, 1.807) is 12.3 Å². The zero-order valence-corrected chi connectivity index (χ0v) is 15.2. The first-order valence-corrected chi connectivity index (χ1v) is 9.02. The first-order chi connectivity index (χ1) is 13.1. The molecular formula is C19H16N6OS. The van der Waals surface area contributed by atoms with Gasteiger partial charge in [-0.3, -0.25) is 9.78 Å². The van der Waals surface area contributed by atoms with Gasteiger partial charge in [-0.1, -0.05) is 23.5 Å². The molecule has 1 aromatic carbocycles. The summed E-state index contributed by atoms with van der Waals surface area (Å²) in [6.45, 7) is 0. The minimum Gasteiger partial charge on any atom is -0.373 e. The van der Waals surface area contributed by atoms with Gasteiger partial charge in [0.15, 0.2) is 5.13 Å². The summed E-state index contributed by atoms with van der Waals surface area (Å²) in [5, 5.41) is 7.00. The SMILES string of the molecule is CNc1cccc(Nc2nc3ccc(-c4cncc(C(N)=O)c4)cc3s2)n1. The van der Waals surface area contributed by atoms with E-state index in [-0.39, 0.29) is 0 Å². The van der Waals surface area contributed by atoms with Crippen LogP contribution in [-0.4, -0.2) is 27.9 Å². The Bertz CT molecular complexity index is 1140. The van der Waals surface area contributed by atoms with Crippen molar-refractivity contribution in [2.45, 2.75) is 0 Å². The van der Waals surface area contributed by atoms with E-state index in [4.69, 9.17) is 5.73 Å². The fourth-order valence-corrected chi connectivity index (χ4v) is 3.56. The molecule has 134 valence electrons. The summed E-state index contributed by atoms with van der Waals surface area (Å²) in [5.74, 6) is 1.01. The number of anilines is 3. The Labute approximate surface area is 159 Å². The topological polar surface area (TPSA) is 106 Å². The second-order valence-electron chi connectivity index (χ2n) is 5.81. The molecule has 4 aromatic rings. The Morgan fingerprint density at radius 2 is 1.89 bits per heavy atom. The van der Waals surface area contributed by atoms with Crippen molar-refractivity contribution in [2.24, 2.45) is 5.73 Å². The van der Waals surface area contributed by atoms with E-state index in [2.05, 4.69) is 25.6 Å². The first kappa shape index (κ1) is 16.9. The summed E-state index contributed by atoms with van der Waals surface area (Å²) in [5.41, 5.74) is 8.39. The maximum Gasteiger partial charge on any atom is 0.250 e. The number of thiazole rings is 1. The Hall–Kier alpha value is -3.52. The second-order valence-corrected chi connectivity index (χ2v) is 6.84. The third-order valence-corrected chi connectivity index (χ3v) is 4.92. The van der Waals surface area contributed by atoms with Crippen molar-refractivity contribution in [3.8, 4) is 11.1 Å². The number of carbonyl (C=O) groups excluding carboxylic acids is 1. The van der Waals surface area contributed by atoms with Crippen molar-refractivity contribution in [3.05, 3.63) is 60.4 Å². The molecule has 0 aliphatic carbocycles. The van der Waals surface area contributed by atoms with Gasteiger partial charge in [0, 0.05) is 25.0 Å². The van der Waals surface area contributed by atoms with Gasteiger partial charge in [-0.2, -0.15) is 0 Å². The number of benzene rings is 1. The van der Waals surface area contributed by atoms with Gasteiger partial charge in [0.05, 0.1) is 15.8 Å². The van der Waals surface area contributed by atoms with Gasteiger partial charge in [0.25, 0.3) is 0 Å². The molecule has 0 aliphatic heterocycles.